The summed E-state index contributed by atoms with van der Waals surface area (Å²) in [5, 5.41) is 13.0. The van der Waals surface area contributed by atoms with E-state index >= 15 is 0 Å². The third kappa shape index (κ3) is 4.79. The second-order valence-corrected chi connectivity index (χ2v) is 7.35. The predicted octanol–water partition coefficient (Wildman–Crippen LogP) is 3.24. The van der Waals surface area contributed by atoms with E-state index in [-0.39, 0.29) is 0 Å². The van der Waals surface area contributed by atoms with Crippen molar-refractivity contribution in [3.63, 3.8) is 0 Å². The summed E-state index contributed by atoms with van der Waals surface area (Å²) in [4.78, 5) is 25.0. The SMILES string of the molecule is COC(=O)[C@H]1C(=O)NC(SCCOc2ccccc2)=C(C#N)[C@@H]1c1ccccc1. The molecule has 0 saturated heterocycles. The lowest BCUT2D eigenvalue weighted by Crippen LogP contribution is -2.44. The summed E-state index contributed by atoms with van der Waals surface area (Å²) in [7, 11) is 1.23. The van der Waals surface area contributed by atoms with E-state index in [4.69, 9.17) is 9.47 Å². The van der Waals surface area contributed by atoms with E-state index in [9.17, 15) is 14.9 Å². The number of nitrogens with zero attached hydrogens (tertiary/aromatic N) is 1. The van der Waals surface area contributed by atoms with Gasteiger partial charge < -0.3 is 14.8 Å². The van der Waals surface area contributed by atoms with Crippen LogP contribution >= 0.6 is 11.8 Å². The zero-order valence-electron chi connectivity index (χ0n) is 15.8. The number of thioether (sulfide) groups is 1. The van der Waals surface area contributed by atoms with Crippen LogP contribution in [0.15, 0.2) is 71.3 Å². The molecule has 1 N–H and O–H groups in total. The van der Waals surface area contributed by atoms with Gasteiger partial charge in [0.25, 0.3) is 0 Å². The molecule has 1 amide bonds. The van der Waals surface area contributed by atoms with Gasteiger partial charge in [0.05, 0.1) is 30.4 Å². The lowest BCUT2D eigenvalue weighted by Gasteiger charge is -2.30. The molecule has 1 heterocycles. The minimum Gasteiger partial charge on any atom is -0.493 e. The van der Waals surface area contributed by atoms with Crippen LogP contribution in [0, 0.1) is 17.2 Å². The van der Waals surface area contributed by atoms with E-state index in [0.29, 0.717) is 28.5 Å². The van der Waals surface area contributed by atoms with Crippen LogP contribution in [0.2, 0.25) is 0 Å². The van der Waals surface area contributed by atoms with Crippen molar-refractivity contribution in [2.24, 2.45) is 5.92 Å². The van der Waals surface area contributed by atoms with Crippen LogP contribution < -0.4 is 10.1 Å². The van der Waals surface area contributed by atoms with Crippen molar-refractivity contribution in [3.05, 3.63) is 76.8 Å². The Morgan fingerprint density at radius 2 is 1.79 bits per heavy atom. The molecule has 0 aliphatic carbocycles. The monoisotopic (exact) mass is 408 g/mol. The highest BCUT2D eigenvalue weighted by Crippen LogP contribution is 2.40. The fraction of sp³-hybridized carbons (Fsp3) is 0.227. The average molecular weight is 408 g/mol. The van der Waals surface area contributed by atoms with Crippen molar-refractivity contribution in [1.82, 2.24) is 5.32 Å². The summed E-state index contributed by atoms with van der Waals surface area (Å²) >= 11 is 1.32. The lowest BCUT2D eigenvalue weighted by molar-refractivity contribution is -0.150. The van der Waals surface area contributed by atoms with Gasteiger partial charge in [0, 0.05) is 11.7 Å². The van der Waals surface area contributed by atoms with Crippen molar-refractivity contribution in [2.75, 3.05) is 19.5 Å². The summed E-state index contributed by atoms with van der Waals surface area (Å²) in [5.41, 5.74) is 1.06. The van der Waals surface area contributed by atoms with E-state index < -0.39 is 23.7 Å². The number of benzene rings is 2. The molecule has 6 nitrogen and oxygen atoms in total. The first-order valence-corrected chi connectivity index (χ1v) is 10.0. The summed E-state index contributed by atoms with van der Waals surface area (Å²) < 4.78 is 10.5. The second-order valence-electron chi connectivity index (χ2n) is 6.24. The normalized spacial score (nSPS) is 18.6. The maximum atomic E-state index is 12.7. The van der Waals surface area contributed by atoms with Gasteiger partial charge in [-0.25, -0.2) is 0 Å². The van der Waals surface area contributed by atoms with Gasteiger partial charge in [-0.3, -0.25) is 9.59 Å². The highest BCUT2D eigenvalue weighted by molar-refractivity contribution is 8.03. The Hall–Kier alpha value is -3.24. The minimum absolute atomic E-state index is 0.343. The van der Waals surface area contributed by atoms with Crippen molar-refractivity contribution in [1.29, 1.82) is 5.26 Å². The molecule has 2 atom stereocenters. The maximum Gasteiger partial charge on any atom is 0.319 e. The number of nitrogens with one attached hydrogen (secondary N) is 1. The number of amides is 1. The predicted molar refractivity (Wildman–Crippen MR) is 110 cm³/mol. The molecule has 1 aliphatic heterocycles. The molecule has 0 bridgehead atoms. The molecule has 29 heavy (non-hydrogen) atoms. The van der Waals surface area contributed by atoms with Gasteiger partial charge in [0.2, 0.25) is 5.91 Å². The molecule has 0 saturated carbocycles. The van der Waals surface area contributed by atoms with Gasteiger partial charge in [-0.05, 0) is 17.7 Å². The molecule has 0 radical (unpaired) electrons. The Bertz CT molecular complexity index is 938. The van der Waals surface area contributed by atoms with Gasteiger partial charge in [0.15, 0.2) is 0 Å². The van der Waals surface area contributed by atoms with Gasteiger partial charge in [0.1, 0.15) is 11.7 Å². The number of allylic oxidation sites excluding steroid dienone is 1. The van der Waals surface area contributed by atoms with Gasteiger partial charge >= 0.3 is 5.97 Å². The molecular formula is C22H20N2O4S. The molecule has 0 unspecified atom stereocenters. The number of para-hydroxylation sites is 1. The first kappa shape index (κ1) is 20.5. The average Bonchev–Trinajstić information content (AvgIpc) is 2.77. The van der Waals surface area contributed by atoms with Gasteiger partial charge in [-0.2, -0.15) is 5.26 Å². The first-order valence-electron chi connectivity index (χ1n) is 9.04. The molecule has 0 spiro atoms. The number of hydrogen-bond acceptors (Lipinski definition) is 6. The van der Waals surface area contributed by atoms with E-state index in [1.54, 1.807) is 12.1 Å². The van der Waals surface area contributed by atoms with Crippen LogP contribution in [0.3, 0.4) is 0 Å². The van der Waals surface area contributed by atoms with Gasteiger partial charge in [-0.15, -0.1) is 11.8 Å². The third-order valence-corrected chi connectivity index (χ3v) is 5.47. The Balaban J connectivity index is 1.82. The number of rotatable bonds is 7. The first-order chi connectivity index (χ1) is 14.2. The Morgan fingerprint density at radius 1 is 1.14 bits per heavy atom. The van der Waals surface area contributed by atoms with Crippen LogP contribution in [0.1, 0.15) is 11.5 Å². The van der Waals surface area contributed by atoms with E-state index in [1.165, 1.54) is 18.9 Å². The molecule has 0 aromatic heterocycles. The lowest BCUT2D eigenvalue weighted by atomic mass is 9.78. The largest absolute Gasteiger partial charge is 0.493 e. The van der Waals surface area contributed by atoms with Crippen LogP contribution in [0.25, 0.3) is 0 Å². The van der Waals surface area contributed by atoms with Crippen LogP contribution in [-0.2, 0) is 14.3 Å². The third-order valence-electron chi connectivity index (χ3n) is 4.48. The van der Waals surface area contributed by atoms with E-state index in [2.05, 4.69) is 11.4 Å². The quantitative estimate of drug-likeness (QED) is 0.430. The molecule has 2 aromatic rings. The number of carbonyl (C=O) groups excluding carboxylic acids is 2. The number of hydrogen-bond donors (Lipinski definition) is 1. The summed E-state index contributed by atoms with van der Waals surface area (Å²) in [5.74, 6) is -1.66. The van der Waals surface area contributed by atoms with Crippen LogP contribution in [0.4, 0.5) is 0 Å². The molecular weight excluding hydrogens is 388 g/mol. The molecule has 1 aliphatic rings. The number of carbonyl (C=O) groups is 2. The number of esters is 1. The summed E-state index contributed by atoms with van der Waals surface area (Å²) in [6.45, 7) is 0.406. The topological polar surface area (TPSA) is 88.4 Å². The highest BCUT2D eigenvalue weighted by Gasteiger charge is 2.44. The standard InChI is InChI=1S/C22H20N2O4S/c1-27-22(26)19-18(15-8-4-2-5-9-15)17(14-23)21(24-20(19)25)29-13-12-28-16-10-6-3-7-11-16/h2-11,18-19H,12-13H2,1H3,(H,24,25)/t18-,19+/m0/s1. The number of ether oxygens (including phenoxy) is 2. The molecule has 0 fully saturated rings. The molecule has 3 rings (SSSR count). The van der Waals surface area contributed by atoms with Crippen molar-refractivity contribution >= 4 is 23.6 Å². The molecule has 148 valence electrons. The highest BCUT2D eigenvalue weighted by atomic mass is 32.2. The fourth-order valence-electron chi connectivity index (χ4n) is 3.16. The zero-order chi connectivity index (χ0) is 20.6. The Labute approximate surface area is 173 Å². The minimum atomic E-state index is -1.11. The van der Waals surface area contributed by atoms with E-state index in [0.717, 1.165) is 5.75 Å². The molecule has 2 aromatic carbocycles. The molecule has 7 heteroatoms. The van der Waals surface area contributed by atoms with Crippen LogP contribution in [0.5, 0.6) is 5.75 Å². The van der Waals surface area contributed by atoms with Crippen molar-refractivity contribution in [3.8, 4) is 11.8 Å². The van der Waals surface area contributed by atoms with Gasteiger partial charge in [-0.1, -0.05) is 48.5 Å². The Kier molecular flexibility index (Phi) is 6.93. The van der Waals surface area contributed by atoms with Crippen molar-refractivity contribution < 1.29 is 19.1 Å². The van der Waals surface area contributed by atoms with Crippen LogP contribution in [-0.4, -0.2) is 31.3 Å². The zero-order valence-corrected chi connectivity index (χ0v) is 16.6. The number of nitriles is 1. The fourth-order valence-corrected chi connectivity index (χ4v) is 4.03. The number of methoxy groups -OCH3 is 1. The Morgan fingerprint density at radius 3 is 2.41 bits per heavy atom. The smallest absolute Gasteiger partial charge is 0.319 e. The maximum absolute atomic E-state index is 12.7. The van der Waals surface area contributed by atoms with Crippen molar-refractivity contribution in [2.45, 2.75) is 5.92 Å². The van der Waals surface area contributed by atoms with E-state index in [1.807, 2.05) is 48.5 Å². The summed E-state index contributed by atoms with van der Waals surface area (Å²) in [6.07, 6.45) is 0. The second kappa shape index (κ2) is 9.80. The summed E-state index contributed by atoms with van der Waals surface area (Å²) in [6, 6.07) is 20.7.